The molecule has 0 saturated carbocycles. The minimum Gasteiger partial charge on any atom is -0.354 e. The Kier molecular flexibility index (Phi) is 5.67. The van der Waals surface area contributed by atoms with Gasteiger partial charge in [0.05, 0.1) is 5.56 Å². The van der Waals surface area contributed by atoms with E-state index in [-0.39, 0.29) is 0 Å². The van der Waals surface area contributed by atoms with Gasteiger partial charge in [-0.15, -0.1) is 0 Å². The van der Waals surface area contributed by atoms with Gasteiger partial charge in [-0.3, -0.25) is 0 Å². The Morgan fingerprint density at radius 1 is 1.24 bits per heavy atom. The van der Waals surface area contributed by atoms with E-state index in [1.165, 1.54) is 12.0 Å². The minimum absolute atomic E-state index is 0.506. The van der Waals surface area contributed by atoms with Crippen LogP contribution in [0.3, 0.4) is 0 Å². The summed E-state index contributed by atoms with van der Waals surface area (Å²) in [7, 11) is 2.21. The predicted octanol–water partition coefficient (Wildman–Crippen LogP) is 3.41. The van der Waals surface area contributed by atoms with Gasteiger partial charge in [0.15, 0.2) is 0 Å². The van der Waals surface area contributed by atoms with E-state index in [0.29, 0.717) is 11.6 Å². The molecule has 1 aromatic heterocycles. The molecule has 2 aromatic rings. The van der Waals surface area contributed by atoms with Crippen LogP contribution in [-0.4, -0.2) is 42.6 Å². The van der Waals surface area contributed by atoms with Crippen molar-refractivity contribution in [3.8, 4) is 6.07 Å². The van der Waals surface area contributed by atoms with Crippen LogP contribution in [0.5, 0.6) is 0 Å². The number of anilines is 1. The number of hydrogen-bond acceptors (Lipinski definition) is 4. The first-order valence-corrected chi connectivity index (χ1v) is 9.04. The Bertz CT molecular complexity index is 735. The van der Waals surface area contributed by atoms with Gasteiger partial charge in [0, 0.05) is 31.4 Å². The molecule has 3 rings (SSSR count). The van der Waals surface area contributed by atoms with Crippen molar-refractivity contribution in [3.05, 3.63) is 59.3 Å². The highest BCUT2D eigenvalue weighted by atomic mass is 15.2. The van der Waals surface area contributed by atoms with Crippen molar-refractivity contribution in [1.82, 2.24) is 9.88 Å². The van der Waals surface area contributed by atoms with Crippen molar-refractivity contribution >= 4 is 5.82 Å². The molecule has 1 atom stereocenters. The van der Waals surface area contributed by atoms with Crippen LogP contribution in [0.1, 0.15) is 29.7 Å². The number of piperidine rings is 1. The van der Waals surface area contributed by atoms with Gasteiger partial charge < -0.3 is 9.80 Å². The highest BCUT2D eigenvalue weighted by molar-refractivity contribution is 5.54. The summed E-state index contributed by atoms with van der Waals surface area (Å²) in [4.78, 5) is 9.39. The fraction of sp³-hybridized carbons (Fsp3) is 0.429. The lowest BCUT2D eigenvalue weighted by atomic mass is 10.0. The summed E-state index contributed by atoms with van der Waals surface area (Å²) in [6.07, 6.45) is 3.41. The molecular weight excluding hydrogens is 308 g/mol. The zero-order valence-electron chi connectivity index (χ0n) is 15.2. The van der Waals surface area contributed by atoms with Gasteiger partial charge in [0.25, 0.3) is 0 Å². The van der Waals surface area contributed by atoms with Crippen molar-refractivity contribution in [1.29, 1.82) is 5.26 Å². The first-order chi connectivity index (χ1) is 12.2. The Morgan fingerprint density at radius 3 is 2.80 bits per heavy atom. The van der Waals surface area contributed by atoms with Crippen molar-refractivity contribution in [2.45, 2.75) is 32.2 Å². The SMILES string of the molecule is Cc1ccc(C#N)c(N2CCC[C@@H](N(C)CCc3ccccc3)C2)n1. The van der Waals surface area contributed by atoms with Gasteiger partial charge in [0.1, 0.15) is 11.9 Å². The summed E-state index contributed by atoms with van der Waals surface area (Å²) in [5.74, 6) is 0.851. The average molecular weight is 334 g/mol. The van der Waals surface area contributed by atoms with Crippen molar-refractivity contribution in [3.63, 3.8) is 0 Å². The normalized spacial score (nSPS) is 17.5. The van der Waals surface area contributed by atoms with E-state index in [2.05, 4.69) is 58.2 Å². The zero-order valence-corrected chi connectivity index (χ0v) is 15.2. The highest BCUT2D eigenvalue weighted by Crippen LogP contribution is 2.24. The first kappa shape index (κ1) is 17.4. The first-order valence-electron chi connectivity index (χ1n) is 9.04. The molecule has 2 heterocycles. The van der Waals surface area contributed by atoms with Gasteiger partial charge in [-0.1, -0.05) is 30.3 Å². The van der Waals surface area contributed by atoms with E-state index in [0.717, 1.165) is 44.0 Å². The smallest absolute Gasteiger partial charge is 0.146 e. The maximum atomic E-state index is 9.40. The van der Waals surface area contributed by atoms with Crippen LogP contribution in [0.2, 0.25) is 0 Å². The fourth-order valence-electron chi connectivity index (χ4n) is 3.51. The van der Waals surface area contributed by atoms with Crippen LogP contribution in [0.15, 0.2) is 42.5 Å². The molecule has 1 fully saturated rings. The van der Waals surface area contributed by atoms with Gasteiger partial charge in [-0.25, -0.2) is 4.98 Å². The summed E-state index contributed by atoms with van der Waals surface area (Å²) >= 11 is 0. The monoisotopic (exact) mass is 334 g/mol. The van der Waals surface area contributed by atoms with Crippen LogP contribution in [-0.2, 0) is 6.42 Å². The maximum absolute atomic E-state index is 9.40. The predicted molar refractivity (Wildman–Crippen MR) is 102 cm³/mol. The second kappa shape index (κ2) is 8.13. The molecule has 0 spiro atoms. The number of hydrogen-bond donors (Lipinski definition) is 0. The summed E-state index contributed by atoms with van der Waals surface area (Å²) in [6.45, 7) is 4.96. The molecule has 0 amide bonds. The molecule has 1 aliphatic heterocycles. The number of rotatable bonds is 5. The van der Waals surface area contributed by atoms with Gasteiger partial charge in [-0.05, 0) is 50.9 Å². The molecule has 0 unspecified atom stereocenters. The van der Waals surface area contributed by atoms with E-state index in [9.17, 15) is 5.26 Å². The second-order valence-corrected chi connectivity index (χ2v) is 6.89. The number of aryl methyl sites for hydroxylation is 1. The maximum Gasteiger partial charge on any atom is 0.146 e. The number of aromatic nitrogens is 1. The molecule has 1 aliphatic rings. The van der Waals surface area contributed by atoms with Gasteiger partial charge in [0.2, 0.25) is 0 Å². The third kappa shape index (κ3) is 4.37. The van der Waals surface area contributed by atoms with E-state index in [1.54, 1.807) is 0 Å². The van der Waals surface area contributed by atoms with Crippen molar-refractivity contribution < 1.29 is 0 Å². The topological polar surface area (TPSA) is 43.2 Å². The Morgan fingerprint density at radius 2 is 2.04 bits per heavy atom. The van der Waals surface area contributed by atoms with Crippen LogP contribution in [0.4, 0.5) is 5.82 Å². The standard InChI is InChI=1S/C21H26N4/c1-17-10-11-19(15-22)21(23-17)25-13-6-9-20(16-25)24(2)14-12-18-7-4-3-5-8-18/h3-5,7-8,10-11,20H,6,9,12-14,16H2,1-2H3/t20-/m1/s1. The summed E-state index contributed by atoms with van der Waals surface area (Å²) in [5, 5.41) is 9.40. The third-order valence-corrected chi connectivity index (χ3v) is 5.05. The number of nitrogens with zero attached hydrogens (tertiary/aromatic N) is 4. The number of likely N-dealkylation sites (N-methyl/N-ethyl adjacent to an activating group) is 1. The van der Waals surface area contributed by atoms with Gasteiger partial charge >= 0.3 is 0 Å². The van der Waals surface area contributed by atoms with Crippen LogP contribution in [0.25, 0.3) is 0 Å². The Balaban J connectivity index is 1.65. The molecule has 4 heteroatoms. The highest BCUT2D eigenvalue weighted by Gasteiger charge is 2.25. The van der Waals surface area contributed by atoms with E-state index >= 15 is 0 Å². The largest absolute Gasteiger partial charge is 0.354 e. The van der Waals surface area contributed by atoms with Crippen LogP contribution < -0.4 is 4.90 Å². The lowest BCUT2D eigenvalue weighted by Crippen LogP contribution is -2.47. The minimum atomic E-state index is 0.506. The molecule has 0 radical (unpaired) electrons. The third-order valence-electron chi connectivity index (χ3n) is 5.05. The van der Waals surface area contributed by atoms with E-state index in [1.807, 2.05) is 19.1 Å². The second-order valence-electron chi connectivity index (χ2n) is 6.89. The molecule has 25 heavy (non-hydrogen) atoms. The molecule has 130 valence electrons. The lowest BCUT2D eigenvalue weighted by molar-refractivity contribution is 0.217. The fourth-order valence-corrected chi connectivity index (χ4v) is 3.51. The summed E-state index contributed by atoms with van der Waals surface area (Å²) in [5.41, 5.74) is 3.03. The molecule has 1 saturated heterocycles. The molecule has 4 nitrogen and oxygen atoms in total. The zero-order chi connectivity index (χ0) is 17.6. The van der Waals surface area contributed by atoms with Gasteiger partial charge in [-0.2, -0.15) is 5.26 Å². The van der Waals surface area contributed by atoms with E-state index < -0.39 is 0 Å². The quantitative estimate of drug-likeness (QED) is 0.840. The van der Waals surface area contributed by atoms with Crippen molar-refractivity contribution in [2.24, 2.45) is 0 Å². The number of benzene rings is 1. The lowest BCUT2D eigenvalue weighted by Gasteiger charge is -2.38. The Hall–Kier alpha value is -2.38. The summed E-state index contributed by atoms with van der Waals surface area (Å²) < 4.78 is 0. The van der Waals surface area contributed by atoms with Crippen molar-refractivity contribution in [2.75, 3.05) is 31.6 Å². The molecule has 0 bridgehead atoms. The summed E-state index contributed by atoms with van der Waals surface area (Å²) in [6, 6.07) is 17.2. The molecule has 0 N–H and O–H groups in total. The Labute approximate surface area is 150 Å². The number of pyridine rings is 1. The molecular formula is C21H26N4. The molecule has 0 aliphatic carbocycles. The van der Waals surface area contributed by atoms with Crippen LogP contribution in [0, 0.1) is 18.3 Å². The molecule has 1 aromatic carbocycles. The number of nitriles is 1. The average Bonchev–Trinajstić information content (AvgIpc) is 2.67. The van der Waals surface area contributed by atoms with Crippen LogP contribution >= 0.6 is 0 Å². The van der Waals surface area contributed by atoms with E-state index in [4.69, 9.17) is 0 Å².